The van der Waals surface area contributed by atoms with Gasteiger partial charge in [-0.3, -0.25) is 4.57 Å². The molecule has 20 heavy (non-hydrogen) atoms. The molecule has 1 heterocycles. The molecule has 0 amide bonds. The van der Waals surface area contributed by atoms with Crippen LogP contribution in [0.4, 0.5) is 16.0 Å². The standard InChI is InChI=1S/C15H11ClFN3/c16-12-7-4-8-13(17)14(12)19-15-18-9-10-20(15)11-5-2-1-3-6-11/h1-10H,(H,18,19). The van der Waals surface area contributed by atoms with Gasteiger partial charge in [-0.1, -0.05) is 35.9 Å². The molecule has 1 N–H and O–H groups in total. The molecule has 0 radical (unpaired) electrons. The van der Waals surface area contributed by atoms with Gasteiger partial charge in [-0.25, -0.2) is 9.37 Å². The van der Waals surface area contributed by atoms with Crippen molar-refractivity contribution in [3.05, 3.63) is 71.8 Å². The highest BCUT2D eigenvalue weighted by Gasteiger charge is 2.11. The Kier molecular flexibility index (Phi) is 3.39. The summed E-state index contributed by atoms with van der Waals surface area (Å²) in [5.41, 5.74) is 1.15. The zero-order valence-electron chi connectivity index (χ0n) is 10.4. The van der Waals surface area contributed by atoms with E-state index in [0.717, 1.165) is 5.69 Å². The van der Waals surface area contributed by atoms with E-state index in [2.05, 4.69) is 10.3 Å². The van der Waals surface area contributed by atoms with Crippen molar-refractivity contribution in [2.24, 2.45) is 0 Å². The lowest BCUT2D eigenvalue weighted by Gasteiger charge is -2.11. The highest BCUT2D eigenvalue weighted by molar-refractivity contribution is 6.33. The fraction of sp³-hybridized carbons (Fsp3) is 0. The van der Waals surface area contributed by atoms with Gasteiger partial charge in [0.2, 0.25) is 5.95 Å². The molecule has 3 aromatic rings. The van der Waals surface area contributed by atoms with Crippen LogP contribution in [0.25, 0.3) is 5.69 Å². The molecule has 5 heteroatoms. The lowest BCUT2D eigenvalue weighted by atomic mass is 10.3. The molecule has 0 unspecified atom stereocenters. The van der Waals surface area contributed by atoms with Crippen LogP contribution in [-0.4, -0.2) is 9.55 Å². The molecule has 0 bridgehead atoms. The van der Waals surface area contributed by atoms with Gasteiger partial charge in [-0.05, 0) is 24.3 Å². The van der Waals surface area contributed by atoms with Gasteiger partial charge in [0.05, 0.1) is 10.7 Å². The molecule has 1 aromatic heterocycles. The maximum atomic E-state index is 13.8. The third-order valence-corrected chi connectivity index (χ3v) is 3.19. The smallest absolute Gasteiger partial charge is 0.212 e. The van der Waals surface area contributed by atoms with E-state index in [-0.39, 0.29) is 5.69 Å². The number of nitrogens with one attached hydrogen (secondary N) is 1. The number of halogens is 2. The van der Waals surface area contributed by atoms with Crippen LogP contribution in [-0.2, 0) is 0 Å². The van der Waals surface area contributed by atoms with Gasteiger partial charge in [-0.2, -0.15) is 0 Å². The van der Waals surface area contributed by atoms with Crippen LogP contribution < -0.4 is 5.32 Å². The van der Waals surface area contributed by atoms with E-state index in [4.69, 9.17) is 11.6 Å². The molecular formula is C15H11ClFN3. The predicted molar refractivity (Wildman–Crippen MR) is 78.3 cm³/mol. The van der Waals surface area contributed by atoms with Gasteiger partial charge >= 0.3 is 0 Å². The SMILES string of the molecule is Fc1cccc(Cl)c1Nc1nccn1-c1ccccc1. The quantitative estimate of drug-likeness (QED) is 0.773. The van der Waals surface area contributed by atoms with Gasteiger partial charge in [0.15, 0.2) is 0 Å². The average Bonchev–Trinajstić information content (AvgIpc) is 2.92. The van der Waals surface area contributed by atoms with Crippen LogP contribution in [0.3, 0.4) is 0 Å². The predicted octanol–water partition coefficient (Wildman–Crippen LogP) is 4.41. The highest BCUT2D eigenvalue weighted by Crippen LogP contribution is 2.28. The minimum Gasteiger partial charge on any atom is -0.322 e. The number of imidazole rings is 1. The number of rotatable bonds is 3. The van der Waals surface area contributed by atoms with E-state index in [9.17, 15) is 4.39 Å². The van der Waals surface area contributed by atoms with Crippen molar-refractivity contribution in [2.45, 2.75) is 0 Å². The summed E-state index contributed by atoms with van der Waals surface area (Å²) >= 11 is 6.01. The summed E-state index contributed by atoms with van der Waals surface area (Å²) in [5, 5.41) is 3.25. The summed E-state index contributed by atoms with van der Waals surface area (Å²) in [6.07, 6.45) is 3.44. The highest BCUT2D eigenvalue weighted by atomic mass is 35.5. The number of para-hydroxylation sites is 2. The van der Waals surface area contributed by atoms with Gasteiger partial charge in [0.1, 0.15) is 5.82 Å². The number of hydrogen-bond donors (Lipinski definition) is 1. The Hall–Kier alpha value is -2.33. The van der Waals surface area contributed by atoms with Crippen LogP contribution in [0, 0.1) is 5.82 Å². The zero-order valence-corrected chi connectivity index (χ0v) is 11.2. The first-order valence-electron chi connectivity index (χ1n) is 6.05. The first-order chi connectivity index (χ1) is 9.75. The van der Waals surface area contributed by atoms with E-state index in [1.165, 1.54) is 6.07 Å². The molecule has 0 saturated heterocycles. The maximum absolute atomic E-state index is 13.8. The van der Waals surface area contributed by atoms with E-state index >= 15 is 0 Å². The van der Waals surface area contributed by atoms with E-state index in [1.54, 1.807) is 24.5 Å². The van der Waals surface area contributed by atoms with E-state index in [1.807, 2.05) is 34.9 Å². The van der Waals surface area contributed by atoms with Crippen LogP contribution >= 0.6 is 11.6 Å². The Bertz CT molecular complexity index is 705. The maximum Gasteiger partial charge on any atom is 0.212 e. The van der Waals surface area contributed by atoms with Crippen LogP contribution in [0.2, 0.25) is 5.02 Å². The van der Waals surface area contributed by atoms with Crippen molar-refractivity contribution in [2.75, 3.05) is 5.32 Å². The summed E-state index contributed by atoms with van der Waals surface area (Å²) < 4.78 is 15.6. The van der Waals surface area contributed by atoms with Crippen LogP contribution in [0.15, 0.2) is 60.9 Å². The van der Waals surface area contributed by atoms with Gasteiger partial charge in [0, 0.05) is 18.1 Å². The Morgan fingerprint density at radius 3 is 2.60 bits per heavy atom. The second kappa shape index (κ2) is 5.35. The molecule has 0 aliphatic carbocycles. The third kappa shape index (κ3) is 2.38. The molecule has 0 aliphatic heterocycles. The number of anilines is 2. The van der Waals surface area contributed by atoms with Crippen molar-refractivity contribution < 1.29 is 4.39 Å². The first kappa shape index (κ1) is 12.7. The zero-order chi connectivity index (χ0) is 13.9. The summed E-state index contributed by atoms with van der Waals surface area (Å²) in [7, 11) is 0. The van der Waals surface area contributed by atoms with Gasteiger partial charge in [0.25, 0.3) is 0 Å². The molecular weight excluding hydrogens is 277 g/mol. The molecule has 0 saturated carbocycles. The van der Waals surface area contributed by atoms with Gasteiger partial charge < -0.3 is 5.32 Å². The van der Waals surface area contributed by atoms with Crippen molar-refractivity contribution in [3.8, 4) is 5.69 Å². The number of aromatic nitrogens is 2. The second-order valence-corrected chi connectivity index (χ2v) is 4.59. The number of nitrogens with zero attached hydrogens (tertiary/aromatic N) is 2. The summed E-state index contributed by atoms with van der Waals surface area (Å²) in [6, 6.07) is 14.2. The van der Waals surface area contributed by atoms with E-state index in [0.29, 0.717) is 11.0 Å². The molecule has 0 spiro atoms. The third-order valence-electron chi connectivity index (χ3n) is 2.87. The molecule has 100 valence electrons. The Morgan fingerprint density at radius 2 is 1.85 bits per heavy atom. The van der Waals surface area contributed by atoms with Crippen molar-refractivity contribution in [3.63, 3.8) is 0 Å². The van der Waals surface area contributed by atoms with Crippen LogP contribution in [0.1, 0.15) is 0 Å². The fourth-order valence-corrected chi connectivity index (χ4v) is 2.13. The largest absolute Gasteiger partial charge is 0.322 e. The van der Waals surface area contributed by atoms with Crippen LogP contribution in [0.5, 0.6) is 0 Å². The van der Waals surface area contributed by atoms with Crippen molar-refractivity contribution in [1.29, 1.82) is 0 Å². The summed E-state index contributed by atoms with van der Waals surface area (Å²) in [4.78, 5) is 4.20. The molecule has 0 aliphatic rings. The summed E-state index contributed by atoms with van der Waals surface area (Å²) in [5.74, 6) is 0.0864. The molecule has 3 rings (SSSR count). The van der Waals surface area contributed by atoms with E-state index < -0.39 is 5.82 Å². The van der Waals surface area contributed by atoms with Crippen molar-refractivity contribution in [1.82, 2.24) is 9.55 Å². The number of hydrogen-bond acceptors (Lipinski definition) is 2. The average molecular weight is 288 g/mol. The minimum atomic E-state index is -0.417. The first-order valence-corrected chi connectivity index (χ1v) is 6.43. The fourth-order valence-electron chi connectivity index (χ4n) is 1.92. The lowest BCUT2D eigenvalue weighted by Crippen LogP contribution is -2.02. The second-order valence-electron chi connectivity index (χ2n) is 4.18. The monoisotopic (exact) mass is 287 g/mol. The van der Waals surface area contributed by atoms with Crippen molar-refractivity contribution >= 4 is 23.2 Å². The topological polar surface area (TPSA) is 29.9 Å². The molecule has 2 aromatic carbocycles. The minimum absolute atomic E-state index is 0.220. The Labute approximate surface area is 120 Å². The molecule has 3 nitrogen and oxygen atoms in total. The Balaban J connectivity index is 1.99. The Morgan fingerprint density at radius 1 is 1.05 bits per heavy atom. The molecule has 0 fully saturated rings. The summed E-state index contributed by atoms with van der Waals surface area (Å²) in [6.45, 7) is 0. The lowest BCUT2D eigenvalue weighted by molar-refractivity contribution is 0.631. The molecule has 0 atom stereocenters. The normalized spacial score (nSPS) is 10.5. The van der Waals surface area contributed by atoms with Gasteiger partial charge in [-0.15, -0.1) is 0 Å². The number of benzene rings is 2.